The molecular formula is C18H22N2O5S2. The number of carbonyl (C=O) groups is 1. The van der Waals surface area contributed by atoms with Crippen LogP contribution in [0.1, 0.15) is 11.8 Å². The molecule has 0 bridgehead atoms. The summed E-state index contributed by atoms with van der Waals surface area (Å²) in [6.45, 7) is 3.62. The molecule has 1 saturated heterocycles. The summed E-state index contributed by atoms with van der Waals surface area (Å²) in [6.07, 6.45) is 0.226. The maximum Gasteiger partial charge on any atom is 0.243 e. The maximum atomic E-state index is 12.9. The summed E-state index contributed by atoms with van der Waals surface area (Å²) in [5.41, 5.74) is 0.354. The largest absolute Gasteiger partial charge is 0.492 e. The number of morpholine rings is 1. The summed E-state index contributed by atoms with van der Waals surface area (Å²) < 4.78 is 37.9. The lowest BCUT2D eigenvalue weighted by Gasteiger charge is -2.26. The van der Waals surface area contributed by atoms with Crippen LogP contribution in [0.5, 0.6) is 5.75 Å². The third-order valence-corrected chi connectivity index (χ3v) is 6.82. The van der Waals surface area contributed by atoms with Crippen molar-refractivity contribution in [3.63, 3.8) is 0 Å². The SMILES string of the molecule is CCOc1ccc(S(=O)(=O)N2CCOCC2)cc1NC(=O)Cc1cccs1. The quantitative estimate of drug-likeness (QED) is 0.757. The van der Waals surface area contributed by atoms with Gasteiger partial charge in [-0.25, -0.2) is 8.42 Å². The van der Waals surface area contributed by atoms with Crippen molar-refractivity contribution in [3.8, 4) is 5.75 Å². The summed E-state index contributed by atoms with van der Waals surface area (Å²) in [4.78, 5) is 13.4. The van der Waals surface area contributed by atoms with Crippen LogP contribution in [0.25, 0.3) is 0 Å². The average Bonchev–Trinajstić information content (AvgIpc) is 3.17. The Bertz CT molecular complexity index is 875. The van der Waals surface area contributed by atoms with Gasteiger partial charge in [0.05, 0.1) is 36.8 Å². The first-order chi connectivity index (χ1) is 13.0. The standard InChI is InChI=1S/C18H22N2O5S2/c1-2-25-17-6-5-15(27(22,23)20-7-9-24-10-8-20)13-16(17)19-18(21)12-14-4-3-11-26-14/h3-6,11,13H,2,7-10,12H2,1H3,(H,19,21). The van der Waals surface area contributed by atoms with Crippen molar-refractivity contribution < 1.29 is 22.7 Å². The Balaban J connectivity index is 1.84. The van der Waals surface area contributed by atoms with E-state index < -0.39 is 10.0 Å². The highest BCUT2D eigenvalue weighted by atomic mass is 32.2. The third kappa shape index (κ3) is 4.86. The summed E-state index contributed by atoms with van der Waals surface area (Å²) in [7, 11) is -3.65. The van der Waals surface area contributed by atoms with E-state index >= 15 is 0 Å². The van der Waals surface area contributed by atoms with Crippen LogP contribution in [0.4, 0.5) is 5.69 Å². The molecule has 0 spiro atoms. The second-order valence-electron chi connectivity index (χ2n) is 5.91. The third-order valence-electron chi connectivity index (χ3n) is 4.05. The number of hydrogen-bond donors (Lipinski definition) is 1. The Labute approximate surface area is 163 Å². The Hall–Kier alpha value is -1.94. The summed E-state index contributed by atoms with van der Waals surface area (Å²) in [5, 5.41) is 4.69. The Morgan fingerprint density at radius 2 is 2.07 bits per heavy atom. The van der Waals surface area contributed by atoms with Gasteiger partial charge in [-0.15, -0.1) is 11.3 Å². The van der Waals surface area contributed by atoms with Crippen molar-refractivity contribution in [2.24, 2.45) is 0 Å². The minimum absolute atomic E-state index is 0.124. The second-order valence-corrected chi connectivity index (χ2v) is 8.88. The molecular weight excluding hydrogens is 388 g/mol. The first kappa shape index (κ1) is 19.8. The number of carbonyl (C=O) groups excluding carboxylic acids is 1. The molecule has 1 amide bonds. The minimum Gasteiger partial charge on any atom is -0.492 e. The first-order valence-electron chi connectivity index (χ1n) is 8.67. The molecule has 9 heteroatoms. The van der Waals surface area contributed by atoms with Crippen LogP contribution in [0.2, 0.25) is 0 Å². The fraction of sp³-hybridized carbons (Fsp3) is 0.389. The van der Waals surface area contributed by atoms with Crippen LogP contribution in [0.3, 0.4) is 0 Å². The van der Waals surface area contributed by atoms with Crippen LogP contribution in [0.15, 0.2) is 40.6 Å². The van der Waals surface area contributed by atoms with E-state index in [2.05, 4.69) is 5.32 Å². The number of sulfonamides is 1. The molecule has 7 nitrogen and oxygen atoms in total. The Morgan fingerprint density at radius 3 is 2.74 bits per heavy atom. The van der Waals surface area contributed by atoms with Crippen LogP contribution in [0, 0.1) is 0 Å². The van der Waals surface area contributed by atoms with Crippen molar-refractivity contribution in [2.45, 2.75) is 18.2 Å². The van der Waals surface area contributed by atoms with E-state index in [1.165, 1.54) is 27.8 Å². The number of thiophene rings is 1. The van der Waals surface area contributed by atoms with E-state index in [0.717, 1.165) is 4.88 Å². The van der Waals surface area contributed by atoms with E-state index in [0.29, 0.717) is 44.3 Å². The second kappa shape index (κ2) is 8.83. The number of amides is 1. The molecule has 1 aromatic heterocycles. The van der Waals surface area contributed by atoms with E-state index in [-0.39, 0.29) is 17.2 Å². The van der Waals surface area contributed by atoms with E-state index in [1.54, 1.807) is 6.07 Å². The molecule has 146 valence electrons. The summed E-state index contributed by atoms with van der Waals surface area (Å²) in [6, 6.07) is 8.31. The zero-order valence-electron chi connectivity index (χ0n) is 15.0. The molecule has 0 saturated carbocycles. The van der Waals surface area contributed by atoms with Crippen molar-refractivity contribution in [1.29, 1.82) is 0 Å². The van der Waals surface area contributed by atoms with Gasteiger partial charge in [-0.1, -0.05) is 6.07 Å². The van der Waals surface area contributed by atoms with Crippen molar-refractivity contribution >= 4 is 33.0 Å². The number of benzene rings is 1. The molecule has 2 aromatic rings. The van der Waals surface area contributed by atoms with Gasteiger partial charge in [0.25, 0.3) is 0 Å². The molecule has 0 unspecified atom stereocenters. The van der Waals surface area contributed by atoms with Crippen molar-refractivity contribution in [2.75, 3.05) is 38.2 Å². The van der Waals surface area contributed by atoms with E-state index in [4.69, 9.17) is 9.47 Å². The number of ether oxygens (including phenoxy) is 2. The number of nitrogens with zero attached hydrogens (tertiary/aromatic N) is 1. The molecule has 27 heavy (non-hydrogen) atoms. The molecule has 0 radical (unpaired) electrons. The predicted molar refractivity (Wildman–Crippen MR) is 104 cm³/mol. The fourth-order valence-electron chi connectivity index (χ4n) is 2.75. The van der Waals surface area contributed by atoms with Crippen LogP contribution in [-0.2, 0) is 26.0 Å². The van der Waals surface area contributed by atoms with Gasteiger partial charge in [-0.05, 0) is 36.6 Å². The molecule has 0 atom stereocenters. The van der Waals surface area contributed by atoms with Crippen LogP contribution in [-0.4, -0.2) is 51.5 Å². The van der Waals surface area contributed by atoms with Crippen LogP contribution < -0.4 is 10.1 Å². The molecule has 1 aliphatic rings. The monoisotopic (exact) mass is 410 g/mol. The maximum absolute atomic E-state index is 12.9. The molecule has 1 fully saturated rings. The predicted octanol–water partition coefficient (Wildman–Crippen LogP) is 2.35. The lowest BCUT2D eigenvalue weighted by Crippen LogP contribution is -2.40. The van der Waals surface area contributed by atoms with Crippen molar-refractivity contribution in [3.05, 3.63) is 40.6 Å². The number of nitrogens with one attached hydrogen (secondary N) is 1. The Kier molecular flexibility index (Phi) is 6.48. The Morgan fingerprint density at radius 1 is 1.30 bits per heavy atom. The molecule has 1 N–H and O–H groups in total. The highest BCUT2D eigenvalue weighted by molar-refractivity contribution is 7.89. The molecule has 1 aliphatic heterocycles. The lowest BCUT2D eigenvalue weighted by molar-refractivity contribution is -0.115. The highest BCUT2D eigenvalue weighted by Gasteiger charge is 2.27. The average molecular weight is 411 g/mol. The first-order valence-corrected chi connectivity index (χ1v) is 11.0. The summed E-state index contributed by atoms with van der Waals surface area (Å²) >= 11 is 1.50. The van der Waals surface area contributed by atoms with Crippen LogP contribution >= 0.6 is 11.3 Å². The lowest BCUT2D eigenvalue weighted by atomic mass is 10.2. The topological polar surface area (TPSA) is 84.9 Å². The van der Waals surface area contributed by atoms with Gasteiger partial charge >= 0.3 is 0 Å². The van der Waals surface area contributed by atoms with Gasteiger partial charge in [-0.2, -0.15) is 4.31 Å². The highest BCUT2D eigenvalue weighted by Crippen LogP contribution is 2.30. The van der Waals surface area contributed by atoms with E-state index in [1.807, 2.05) is 24.4 Å². The van der Waals surface area contributed by atoms with Gasteiger partial charge in [0.1, 0.15) is 5.75 Å². The number of hydrogen-bond acceptors (Lipinski definition) is 6. The molecule has 1 aromatic carbocycles. The zero-order valence-corrected chi connectivity index (χ0v) is 16.6. The normalized spacial score (nSPS) is 15.4. The molecule has 3 rings (SSSR count). The number of anilines is 1. The smallest absolute Gasteiger partial charge is 0.243 e. The van der Waals surface area contributed by atoms with Gasteiger partial charge in [0.2, 0.25) is 15.9 Å². The molecule has 2 heterocycles. The molecule has 0 aliphatic carbocycles. The minimum atomic E-state index is -3.65. The zero-order chi connectivity index (χ0) is 19.3. The van der Waals surface area contributed by atoms with Gasteiger partial charge in [0, 0.05) is 18.0 Å². The van der Waals surface area contributed by atoms with E-state index in [9.17, 15) is 13.2 Å². The van der Waals surface area contributed by atoms with Gasteiger partial charge in [0.15, 0.2) is 0 Å². The van der Waals surface area contributed by atoms with Crippen molar-refractivity contribution in [1.82, 2.24) is 4.31 Å². The van der Waals surface area contributed by atoms with Gasteiger partial charge < -0.3 is 14.8 Å². The number of rotatable bonds is 7. The van der Waals surface area contributed by atoms with Gasteiger partial charge in [-0.3, -0.25) is 4.79 Å². The summed E-state index contributed by atoms with van der Waals surface area (Å²) in [5.74, 6) is 0.220. The fourth-order valence-corrected chi connectivity index (χ4v) is 4.89.